The molecular weight excluding hydrogens is 324 g/mol. The smallest absolute Gasteiger partial charge is 0.255 e. The molecule has 1 amide bonds. The predicted octanol–water partition coefficient (Wildman–Crippen LogP) is 4.04. The zero-order chi connectivity index (χ0) is 17.9. The quantitative estimate of drug-likeness (QED) is 0.609. The fraction of sp³-hybridized carbons (Fsp3) is 0.0952. The van der Waals surface area contributed by atoms with Gasteiger partial charge < -0.3 is 9.88 Å². The molecule has 5 heteroatoms. The van der Waals surface area contributed by atoms with E-state index in [4.69, 9.17) is 0 Å². The Morgan fingerprint density at radius 3 is 2.69 bits per heavy atom. The number of nitrogens with zero attached hydrogens (tertiary/aromatic N) is 3. The van der Waals surface area contributed by atoms with Gasteiger partial charge in [-0.15, -0.1) is 0 Å². The van der Waals surface area contributed by atoms with Crippen LogP contribution in [-0.2, 0) is 6.54 Å². The normalized spacial score (nSPS) is 10.8. The topological polar surface area (TPSA) is 59.8 Å². The van der Waals surface area contributed by atoms with Gasteiger partial charge in [-0.3, -0.25) is 9.78 Å². The summed E-state index contributed by atoms with van der Waals surface area (Å²) in [5, 5.41) is 3.93. The lowest BCUT2D eigenvalue weighted by Gasteiger charge is -2.09. The van der Waals surface area contributed by atoms with E-state index in [0.717, 1.165) is 34.4 Å². The highest BCUT2D eigenvalue weighted by atomic mass is 16.1. The molecule has 2 heterocycles. The van der Waals surface area contributed by atoms with E-state index in [1.165, 1.54) is 0 Å². The number of imidazole rings is 1. The number of carbonyl (C=O) groups excluding carboxylic acids is 1. The number of benzene rings is 2. The molecule has 0 radical (unpaired) electrons. The van der Waals surface area contributed by atoms with Crippen LogP contribution in [0.15, 0.2) is 73.3 Å². The zero-order valence-electron chi connectivity index (χ0n) is 14.4. The third-order valence-corrected chi connectivity index (χ3v) is 4.26. The van der Waals surface area contributed by atoms with Crippen molar-refractivity contribution in [2.45, 2.75) is 13.5 Å². The van der Waals surface area contributed by atoms with Gasteiger partial charge in [0.25, 0.3) is 5.91 Å². The van der Waals surface area contributed by atoms with Crippen molar-refractivity contribution in [1.29, 1.82) is 0 Å². The number of carbonyl (C=O) groups is 1. The minimum atomic E-state index is -0.132. The van der Waals surface area contributed by atoms with Gasteiger partial charge in [0.05, 0.1) is 17.5 Å². The Hall–Kier alpha value is -3.47. The number of rotatable bonds is 4. The van der Waals surface area contributed by atoms with Crippen LogP contribution in [0.2, 0.25) is 0 Å². The first kappa shape index (κ1) is 16.0. The second kappa shape index (κ2) is 6.80. The summed E-state index contributed by atoms with van der Waals surface area (Å²) in [4.78, 5) is 21.1. The third kappa shape index (κ3) is 3.32. The Balaban J connectivity index is 1.53. The lowest BCUT2D eigenvalue weighted by atomic mass is 10.1. The number of pyridine rings is 1. The van der Waals surface area contributed by atoms with E-state index in [9.17, 15) is 4.79 Å². The summed E-state index contributed by atoms with van der Waals surface area (Å²) in [7, 11) is 0. The largest absolute Gasteiger partial charge is 0.333 e. The van der Waals surface area contributed by atoms with Gasteiger partial charge >= 0.3 is 0 Å². The highest BCUT2D eigenvalue weighted by Gasteiger charge is 2.09. The summed E-state index contributed by atoms with van der Waals surface area (Å²) in [6, 6.07) is 17.3. The minimum absolute atomic E-state index is 0.132. The predicted molar refractivity (Wildman–Crippen MR) is 102 cm³/mol. The van der Waals surface area contributed by atoms with Crippen molar-refractivity contribution in [2.24, 2.45) is 0 Å². The number of fused-ring (bicyclic) bond motifs is 1. The number of anilines is 1. The maximum absolute atomic E-state index is 12.6. The molecule has 4 rings (SSSR count). The number of aryl methyl sites for hydroxylation is 1. The van der Waals surface area contributed by atoms with Crippen LogP contribution < -0.4 is 5.32 Å². The summed E-state index contributed by atoms with van der Waals surface area (Å²) in [6.07, 6.45) is 5.44. The van der Waals surface area contributed by atoms with Gasteiger partial charge in [-0.05, 0) is 48.9 Å². The van der Waals surface area contributed by atoms with Gasteiger partial charge in [0.15, 0.2) is 0 Å². The van der Waals surface area contributed by atoms with Crippen LogP contribution >= 0.6 is 0 Å². The standard InChI is InChI=1S/C21H18N4O/c1-15-5-10-18-19(23-15)3-2-4-20(18)24-21(26)17-8-6-16(7-9-17)13-25-12-11-22-14-25/h2-12,14H,13H2,1H3,(H,24,26). The molecule has 1 N–H and O–H groups in total. The Kier molecular flexibility index (Phi) is 4.19. The molecule has 0 aliphatic heterocycles. The number of hydrogen-bond donors (Lipinski definition) is 1. The molecule has 0 aliphatic rings. The van der Waals surface area contributed by atoms with E-state index >= 15 is 0 Å². The summed E-state index contributed by atoms with van der Waals surface area (Å²) in [6.45, 7) is 2.69. The average Bonchev–Trinajstić information content (AvgIpc) is 3.15. The second-order valence-electron chi connectivity index (χ2n) is 6.21. The molecule has 4 aromatic rings. The van der Waals surface area contributed by atoms with Crippen LogP contribution in [-0.4, -0.2) is 20.4 Å². The van der Waals surface area contributed by atoms with Gasteiger partial charge in [0.2, 0.25) is 0 Å². The Morgan fingerprint density at radius 1 is 1.08 bits per heavy atom. The molecule has 128 valence electrons. The van der Waals surface area contributed by atoms with Crippen LogP contribution in [0.25, 0.3) is 10.9 Å². The van der Waals surface area contributed by atoms with Gasteiger partial charge in [-0.25, -0.2) is 4.98 Å². The van der Waals surface area contributed by atoms with Crippen LogP contribution in [0.4, 0.5) is 5.69 Å². The SMILES string of the molecule is Cc1ccc2c(NC(=O)c3ccc(Cn4ccnc4)cc3)cccc2n1. The molecule has 0 saturated carbocycles. The maximum atomic E-state index is 12.6. The average molecular weight is 342 g/mol. The van der Waals surface area contributed by atoms with E-state index in [1.807, 2.05) is 72.3 Å². The van der Waals surface area contributed by atoms with Crippen molar-refractivity contribution in [3.05, 3.63) is 90.1 Å². The molecule has 0 saturated heterocycles. The molecule has 0 fully saturated rings. The monoisotopic (exact) mass is 342 g/mol. The van der Waals surface area contributed by atoms with Crippen molar-refractivity contribution < 1.29 is 4.79 Å². The van der Waals surface area contributed by atoms with Crippen LogP contribution in [0.1, 0.15) is 21.6 Å². The first-order chi connectivity index (χ1) is 12.7. The van der Waals surface area contributed by atoms with E-state index < -0.39 is 0 Å². The first-order valence-corrected chi connectivity index (χ1v) is 8.41. The number of aromatic nitrogens is 3. The maximum Gasteiger partial charge on any atom is 0.255 e. The third-order valence-electron chi connectivity index (χ3n) is 4.26. The molecule has 5 nitrogen and oxygen atoms in total. The van der Waals surface area contributed by atoms with E-state index in [-0.39, 0.29) is 5.91 Å². The van der Waals surface area contributed by atoms with E-state index in [1.54, 1.807) is 12.5 Å². The van der Waals surface area contributed by atoms with E-state index in [2.05, 4.69) is 15.3 Å². The highest BCUT2D eigenvalue weighted by Crippen LogP contribution is 2.23. The fourth-order valence-corrected chi connectivity index (χ4v) is 2.91. The molecule has 0 atom stereocenters. The van der Waals surface area contributed by atoms with Crippen molar-refractivity contribution in [1.82, 2.24) is 14.5 Å². The summed E-state index contributed by atoms with van der Waals surface area (Å²) < 4.78 is 1.99. The summed E-state index contributed by atoms with van der Waals surface area (Å²) in [5.74, 6) is -0.132. The summed E-state index contributed by atoms with van der Waals surface area (Å²) >= 11 is 0. The van der Waals surface area contributed by atoms with Crippen LogP contribution in [0.5, 0.6) is 0 Å². The van der Waals surface area contributed by atoms with Crippen molar-refractivity contribution >= 4 is 22.5 Å². The molecule has 26 heavy (non-hydrogen) atoms. The van der Waals surface area contributed by atoms with Crippen molar-refractivity contribution in [3.8, 4) is 0 Å². The lowest BCUT2D eigenvalue weighted by molar-refractivity contribution is 0.102. The van der Waals surface area contributed by atoms with Gasteiger partial charge in [0.1, 0.15) is 0 Å². The van der Waals surface area contributed by atoms with Gasteiger partial charge in [0, 0.05) is 35.6 Å². The molecule has 0 bridgehead atoms. The molecular formula is C21H18N4O. The van der Waals surface area contributed by atoms with Crippen molar-refractivity contribution in [3.63, 3.8) is 0 Å². The molecule has 2 aromatic heterocycles. The zero-order valence-corrected chi connectivity index (χ0v) is 14.4. The minimum Gasteiger partial charge on any atom is -0.333 e. The van der Waals surface area contributed by atoms with Crippen LogP contribution in [0.3, 0.4) is 0 Å². The van der Waals surface area contributed by atoms with Gasteiger partial charge in [-0.2, -0.15) is 0 Å². The Morgan fingerprint density at radius 2 is 1.92 bits per heavy atom. The molecule has 0 spiro atoms. The van der Waals surface area contributed by atoms with Gasteiger partial charge in [-0.1, -0.05) is 18.2 Å². The van der Waals surface area contributed by atoms with Crippen molar-refractivity contribution in [2.75, 3.05) is 5.32 Å². The molecule has 0 aliphatic carbocycles. The summed E-state index contributed by atoms with van der Waals surface area (Å²) in [5.41, 5.74) is 4.33. The number of amides is 1. The number of nitrogens with one attached hydrogen (secondary N) is 1. The Labute approximate surface area is 151 Å². The fourth-order valence-electron chi connectivity index (χ4n) is 2.91. The molecule has 2 aromatic carbocycles. The van der Waals surface area contributed by atoms with E-state index in [0.29, 0.717) is 5.56 Å². The van der Waals surface area contributed by atoms with Crippen LogP contribution in [0, 0.1) is 6.92 Å². The lowest BCUT2D eigenvalue weighted by Crippen LogP contribution is -2.12. The number of hydrogen-bond acceptors (Lipinski definition) is 3. The Bertz CT molecular complexity index is 1050. The first-order valence-electron chi connectivity index (χ1n) is 8.41. The highest BCUT2D eigenvalue weighted by molar-refractivity contribution is 6.08. The second-order valence-corrected chi connectivity index (χ2v) is 6.21. The molecule has 0 unspecified atom stereocenters.